The Hall–Kier alpha value is -0.890. The van der Waals surface area contributed by atoms with Gasteiger partial charge in [0, 0.05) is 20.5 Å². The highest BCUT2D eigenvalue weighted by Crippen LogP contribution is 2.05. The van der Waals surface area contributed by atoms with Crippen LogP contribution in [0.1, 0.15) is 11.1 Å². The van der Waals surface area contributed by atoms with Crippen LogP contribution in [0.4, 0.5) is 0 Å². The van der Waals surface area contributed by atoms with Crippen LogP contribution >= 0.6 is 12.2 Å². The first-order chi connectivity index (χ1) is 6.09. The van der Waals surface area contributed by atoms with Gasteiger partial charge in [0.05, 0.1) is 4.99 Å². The Kier molecular flexibility index (Phi) is 3.43. The van der Waals surface area contributed by atoms with Crippen molar-refractivity contribution < 1.29 is 0 Å². The Morgan fingerprint density at radius 1 is 1.23 bits per heavy atom. The first-order valence-electron chi connectivity index (χ1n) is 4.35. The molecule has 0 radical (unpaired) electrons. The highest BCUT2D eigenvalue weighted by molar-refractivity contribution is 7.80. The standard InChI is InChI=1S/C11H15NS/c1-9-4-6-10(7-5-9)8-11(13)12(2)3/h4-7H,8H2,1-3H3. The third kappa shape index (κ3) is 3.15. The summed E-state index contributed by atoms with van der Waals surface area (Å²) < 4.78 is 0. The lowest BCUT2D eigenvalue weighted by Crippen LogP contribution is -2.21. The molecule has 0 fully saturated rings. The predicted molar refractivity (Wildman–Crippen MR) is 61.2 cm³/mol. The lowest BCUT2D eigenvalue weighted by molar-refractivity contribution is 0.624. The van der Waals surface area contributed by atoms with Crippen LogP contribution in [0.5, 0.6) is 0 Å². The van der Waals surface area contributed by atoms with E-state index in [2.05, 4.69) is 31.2 Å². The summed E-state index contributed by atoms with van der Waals surface area (Å²) in [5, 5.41) is 0. The lowest BCUT2D eigenvalue weighted by Gasteiger charge is -2.13. The number of hydrogen-bond acceptors (Lipinski definition) is 1. The molecule has 1 aromatic carbocycles. The Balaban J connectivity index is 2.65. The lowest BCUT2D eigenvalue weighted by atomic mass is 10.1. The molecule has 0 aliphatic carbocycles. The van der Waals surface area contributed by atoms with E-state index in [1.165, 1.54) is 11.1 Å². The van der Waals surface area contributed by atoms with Crippen molar-refractivity contribution in [3.63, 3.8) is 0 Å². The molecule has 70 valence electrons. The summed E-state index contributed by atoms with van der Waals surface area (Å²) >= 11 is 5.22. The van der Waals surface area contributed by atoms with Gasteiger partial charge in [0.15, 0.2) is 0 Å². The van der Waals surface area contributed by atoms with Gasteiger partial charge in [-0.25, -0.2) is 0 Å². The maximum absolute atomic E-state index is 5.22. The zero-order valence-corrected chi connectivity index (χ0v) is 9.19. The number of likely N-dealkylation sites (N-methyl/N-ethyl adjacent to an activating group) is 1. The SMILES string of the molecule is Cc1ccc(CC(=S)N(C)C)cc1. The first kappa shape index (κ1) is 10.2. The predicted octanol–water partition coefficient (Wildman–Crippen LogP) is 2.43. The fourth-order valence-electron chi connectivity index (χ4n) is 1.04. The maximum atomic E-state index is 5.22. The summed E-state index contributed by atoms with van der Waals surface area (Å²) in [6.45, 7) is 2.09. The molecule has 0 heterocycles. The highest BCUT2D eigenvalue weighted by atomic mass is 32.1. The Bertz CT molecular complexity index is 287. The monoisotopic (exact) mass is 193 g/mol. The summed E-state index contributed by atoms with van der Waals surface area (Å²) in [6, 6.07) is 8.50. The second-order valence-corrected chi connectivity index (χ2v) is 3.92. The molecule has 0 bridgehead atoms. The largest absolute Gasteiger partial charge is 0.372 e. The summed E-state index contributed by atoms with van der Waals surface area (Å²) in [6.07, 6.45) is 0.864. The molecule has 0 aliphatic heterocycles. The fraction of sp³-hybridized carbons (Fsp3) is 0.364. The average molecular weight is 193 g/mol. The fourth-order valence-corrected chi connectivity index (χ4v) is 1.21. The topological polar surface area (TPSA) is 3.24 Å². The van der Waals surface area contributed by atoms with Gasteiger partial charge in [-0.15, -0.1) is 0 Å². The molecular formula is C11H15NS. The molecule has 0 aromatic heterocycles. The minimum absolute atomic E-state index is 0.864. The molecule has 0 amide bonds. The molecule has 1 nitrogen and oxygen atoms in total. The summed E-state index contributed by atoms with van der Waals surface area (Å²) in [4.78, 5) is 2.96. The Morgan fingerprint density at radius 2 is 1.77 bits per heavy atom. The normalized spacial score (nSPS) is 9.77. The Labute approximate surface area is 85.4 Å². The third-order valence-corrected chi connectivity index (χ3v) is 2.48. The molecule has 13 heavy (non-hydrogen) atoms. The molecule has 0 atom stereocenters. The van der Waals surface area contributed by atoms with Gasteiger partial charge in [0.2, 0.25) is 0 Å². The van der Waals surface area contributed by atoms with E-state index < -0.39 is 0 Å². The van der Waals surface area contributed by atoms with Crippen molar-refractivity contribution in [2.45, 2.75) is 13.3 Å². The van der Waals surface area contributed by atoms with Crippen LogP contribution in [-0.4, -0.2) is 24.0 Å². The van der Waals surface area contributed by atoms with E-state index in [0.717, 1.165) is 11.4 Å². The summed E-state index contributed by atoms with van der Waals surface area (Å²) in [7, 11) is 3.97. The number of hydrogen-bond donors (Lipinski definition) is 0. The molecule has 0 saturated heterocycles. The highest BCUT2D eigenvalue weighted by Gasteiger charge is 2.00. The second-order valence-electron chi connectivity index (χ2n) is 3.45. The van der Waals surface area contributed by atoms with Crippen LogP contribution in [0.2, 0.25) is 0 Å². The van der Waals surface area contributed by atoms with Crippen molar-refractivity contribution in [3.8, 4) is 0 Å². The van der Waals surface area contributed by atoms with Crippen molar-refractivity contribution in [3.05, 3.63) is 35.4 Å². The van der Waals surface area contributed by atoms with Crippen molar-refractivity contribution in [2.24, 2.45) is 0 Å². The minimum Gasteiger partial charge on any atom is -0.372 e. The van der Waals surface area contributed by atoms with E-state index >= 15 is 0 Å². The zero-order chi connectivity index (χ0) is 9.84. The van der Waals surface area contributed by atoms with E-state index in [1.54, 1.807) is 0 Å². The van der Waals surface area contributed by atoms with E-state index in [-0.39, 0.29) is 0 Å². The zero-order valence-electron chi connectivity index (χ0n) is 8.37. The number of benzene rings is 1. The Morgan fingerprint density at radius 3 is 2.23 bits per heavy atom. The molecule has 1 rings (SSSR count). The molecule has 1 aromatic rings. The van der Waals surface area contributed by atoms with E-state index in [0.29, 0.717) is 0 Å². The van der Waals surface area contributed by atoms with Crippen LogP contribution in [0.3, 0.4) is 0 Å². The van der Waals surface area contributed by atoms with Crippen LogP contribution in [0.15, 0.2) is 24.3 Å². The molecule has 0 unspecified atom stereocenters. The molecule has 0 spiro atoms. The molecule has 2 heteroatoms. The van der Waals surface area contributed by atoms with Crippen LogP contribution < -0.4 is 0 Å². The van der Waals surface area contributed by atoms with Gasteiger partial charge in [0.1, 0.15) is 0 Å². The number of thiocarbonyl (C=S) groups is 1. The molecule has 0 N–H and O–H groups in total. The third-order valence-electron chi connectivity index (χ3n) is 1.97. The van der Waals surface area contributed by atoms with E-state index in [9.17, 15) is 0 Å². The maximum Gasteiger partial charge on any atom is 0.0818 e. The quantitative estimate of drug-likeness (QED) is 0.664. The van der Waals surface area contributed by atoms with E-state index in [1.807, 2.05) is 19.0 Å². The summed E-state index contributed by atoms with van der Waals surface area (Å²) in [5.74, 6) is 0. The van der Waals surface area contributed by atoms with Gasteiger partial charge in [0.25, 0.3) is 0 Å². The summed E-state index contributed by atoms with van der Waals surface area (Å²) in [5.41, 5.74) is 2.57. The van der Waals surface area contributed by atoms with Crippen molar-refractivity contribution in [1.29, 1.82) is 0 Å². The van der Waals surface area contributed by atoms with Gasteiger partial charge in [-0.2, -0.15) is 0 Å². The van der Waals surface area contributed by atoms with Crippen molar-refractivity contribution in [2.75, 3.05) is 14.1 Å². The smallest absolute Gasteiger partial charge is 0.0818 e. The second kappa shape index (κ2) is 4.38. The van der Waals surface area contributed by atoms with Crippen LogP contribution in [0, 0.1) is 6.92 Å². The average Bonchev–Trinajstić information content (AvgIpc) is 2.08. The van der Waals surface area contributed by atoms with Gasteiger partial charge >= 0.3 is 0 Å². The van der Waals surface area contributed by atoms with Gasteiger partial charge < -0.3 is 4.90 Å². The van der Waals surface area contributed by atoms with Crippen LogP contribution in [0.25, 0.3) is 0 Å². The van der Waals surface area contributed by atoms with Gasteiger partial charge in [-0.05, 0) is 12.5 Å². The van der Waals surface area contributed by atoms with Crippen molar-refractivity contribution >= 4 is 17.2 Å². The molecule has 0 saturated carbocycles. The van der Waals surface area contributed by atoms with Crippen molar-refractivity contribution in [1.82, 2.24) is 4.90 Å². The minimum atomic E-state index is 0.864. The molecule has 0 aliphatic rings. The van der Waals surface area contributed by atoms with Gasteiger partial charge in [-0.3, -0.25) is 0 Å². The van der Waals surface area contributed by atoms with Crippen LogP contribution in [-0.2, 0) is 6.42 Å². The number of aryl methyl sites for hydroxylation is 1. The first-order valence-corrected chi connectivity index (χ1v) is 4.76. The molecular weight excluding hydrogens is 178 g/mol. The van der Waals surface area contributed by atoms with Gasteiger partial charge in [-0.1, -0.05) is 42.0 Å². The van der Waals surface area contributed by atoms with E-state index in [4.69, 9.17) is 12.2 Å². The number of nitrogens with zero attached hydrogens (tertiary/aromatic N) is 1. The number of rotatable bonds is 2.